The van der Waals surface area contributed by atoms with E-state index in [1.165, 1.54) is 11.1 Å². The lowest BCUT2D eigenvalue weighted by Gasteiger charge is -2.39. The second-order valence-corrected chi connectivity index (χ2v) is 11.6. The average molecular weight is 530 g/mol. The number of nitrogens with one attached hydrogen (secondary N) is 1. The van der Waals surface area contributed by atoms with Crippen LogP contribution in [0.25, 0.3) is 10.9 Å². The Bertz CT molecular complexity index is 1580. The zero-order valence-corrected chi connectivity index (χ0v) is 23.2. The number of tetrazole rings is 1. The number of aromatic amines is 1. The first-order valence-corrected chi connectivity index (χ1v) is 13.5. The number of piperazine rings is 1. The topological polar surface area (TPSA) is 101 Å². The zero-order chi connectivity index (χ0) is 27.3. The van der Waals surface area contributed by atoms with Gasteiger partial charge in [0.1, 0.15) is 6.04 Å². The summed E-state index contributed by atoms with van der Waals surface area (Å²) in [6.07, 6.45) is 0. The van der Waals surface area contributed by atoms with Crippen molar-refractivity contribution in [2.75, 3.05) is 33.0 Å². The molecule has 2 aliphatic rings. The normalized spacial score (nSPS) is 17.2. The van der Waals surface area contributed by atoms with E-state index in [0.29, 0.717) is 11.4 Å². The van der Waals surface area contributed by atoms with Gasteiger partial charge in [-0.3, -0.25) is 14.6 Å². The van der Waals surface area contributed by atoms with Gasteiger partial charge in [-0.05, 0) is 97.5 Å². The molecule has 2 aromatic heterocycles. The Balaban J connectivity index is 1.32. The molecule has 2 aliphatic heterocycles. The lowest BCUT2D eigenvalue weighted by molar-refractivity contribution is 0.0975. The van der Waals surface area contributed by atoms with Gasteiger partial charge >= 0.3 is 0 Å². The summed E-state index contributed by atoms with van der Waals surface area (Å²) in [5.41, 5.74) is 4.59. The van der Waals surface area contributed by atoms with Crippen molar-refractivity contribution >= 4 is 10.9 Å². The Hall–Kier alpha value is -3.76. The molecule has 1 N–H and O–H groups in total. The van der Waals surface area contributed by atoms with Crippen LogP contribution in [0, 0.1) is 13.8 Å². The number of hydrogen-bond acceptors (Lipinski definition) is 8. The number of ether oxygens (including phenoxy) is 2. The maximum Gasteiger partial charge on any atom is 0.253 e. The van der Waals surface area contributed by atoms with Crippen LogP contribution in [0.15, 0.2) is 41.2 Å². The zero-order valence-electron chi connectivity index (χ0n) is 23.2. The van der Waals surface area contributed by atoms with Gasteiger partial charge in [-0.1, -0.05) is 6.07 Å². The van der Waals surface area contributed by atoms with Crippen molar-refractivity contribution in [2.24, 2.45) is 0 Å². The van der Waals surface area contributed by atoms with E-state index >= 15 is 0 Å². The van der Waals surface area contributed by atoms with E-state index in [4.69, 9.17) is 9.47 Å². The first kappa shape index (κ1) is 25.5. The number of benzene rings is 2. The van der Waals surface area contributed by atoms with Crippen LogP contribution in [-0.2, 0) is 12.1 Å². The third-order valence-corrected chi connectivity index (χ3v) is 7.77. The van der Waals surface area contributed by atoms with E-state index in [9.17, 15) is 4.79 Å². The largest absolute Gasteiger partial charge is 0.454 e. The maximum absolute atomic E-state index is 13.6. The van der Waals surface area contributed by atoms with Crippen LogP contribution in [-0.4, -0.2) is 68.0 Å². The smallest absolute Gasteiger partial charge is 0.253 e. The molecule has 10 heteroatoms. The number of rotatable bonds is 5. The van der Waals surface area contributed by atoms with E-state index < -0.39 is 0 Å². The number of pyridine rings is 1. The molecule has 6 rings (SSSR count). The number of fused-ring (bicyclic) bond motifs is 2. The molecule has 0 amide bonds. The first-order chi connectivity index (χ1) is 18.7. The van der Waals surface area contributed by atoms with Gasteiger partial charge in [0.05, 0.1) is 5.54 Å². The molecule has 0 spiro atoms. The average Bonchev–Trinajstić information content (AvgIpc) is 3.56. The SMILES string of the molecule is Cc1cc2cc([C@H](c3nnnn3C(C)(C)C)N3CCN(Cc4ccc5c(c4)OCO5)CC3)c(=O)[nH]c2cc1C. The summed E-state index contributed by atoms with van der Waals surface area (Å²) in [6.45, 7) is 14.7. The van der Waals surface area contributed by atoms with Crippen LogP contribution < -0.4 is 15.0 Å². The molecule has 39 heavy (non-hydrogen) atoms. The summed E-state index contributed by atoms with van der Waals surface area (Å²) in [6, 6.07) is 12.0. The fourth-order valence-corrected chi connectivity index (χ4v) is 5.52. The fraction of sp³-hybridized carbons (Fsp3) is 0.448. The van der Waals surface area contributed by atoms with Gasteiger partial charge in [-0.25, -0.2) is 4.68 Å². The predicted octanol–water partition coefficient (Wildman–Crippen LogP) is 3.52. The van der Waals surface area contributed by atoms with E-state index in [-0.39, 0.29) is 23.9 Å². The molecule has 1 atom stereocenters. The van der Waals surface area contributed by atoms with Gasteiger partial charge in [-0.15, -0.1) is 5.10 Å². The minimum atomic E-state index is -0.373. The van der Waals surface area contributed by atoms with Crippen molar-refractivity contribution in [3.8, 4) is 11.5 Å². The van der Waals surface area contributed by atoms with Crippen LogP contribution in [0.1, 0.15) is 54.9 Å². The van der Waals surface area contributed by atoms with Gasteiger partial charge in [0.15, 0.2) is 17.3 Å². The monoisotopic (exact) mass is 529 g/mol. The van der Waals surface area contributed by atoms with Crippen LogP contribution in [0.4, 0.5) is 0 Å². The summed E-state index contributed by atoms with van der Waals surface area (Å²) >= 11 is 0. The number of aromatic nitrogens is 5. The summed E-state index contributed by atoms with van der Waals surface area (Å²) < 4.78 is 12.9. The summed E-state index contributed by atoms with van der Waals surface area (Å²) in [4.78, 5) is 21.5. The van der Waals surface area contributed by atoms with Gasteiger partial charge in [0.2, 0.25) is 6.79 Å². The molecule has 0 unspecified atom stereocenters. The highest BCUT2D eigenvalue weighted by Crippen LogP contribution is 2.34. The highest BCUT2D eigenvalue weighted by atomic mass is 16.7. The number of aryl methyl sites for hydroxylation is 2. The fourth-order valence-electron chi connectivity index (χ4n) is 5.52. The Morgan fingerprint density at radius 2 is 1.72 bits per heavy atom. The molecule has 0 bridgehead atoms. The van der Waals surface area contributed by atoms with Crippen LogP contribution in [0.3, 0.4) is 0 Å². The number of H-pyrrole nitrogens is 1. The molecule has 1 fully saturated rings. The Morgan fingerprint density at radius 3 is 2.49 bits per heavy atom. The van der Waals surface area contributed by atoms with Crippen LogP contribution >= 0.6 is 0 Å². The quantitative estimate of drug-likeness (QED) is 0.419. The molecule has 204 valence electrons. The van der Waals surface area contributed by atoms with E-state index in [2.05, 4.69) is 83.1 Å². The van der Waals surface area contributed by atoms with E-state index in [0.717, 1.165) is 60.7 Å². The summed E-state index contributed by atoms with van der Waals surface area (Å²) in [5.74, 6) is 2.29. The molecule has 1 saturated heterocycles. The predicted molar refractivity (Wildman–Crippen MR) is 148 cm³/mol. The van der Waals surface area contributed by atoms with Gasteiger partial charge in [-0.2, -0.15) is 0 Å². The van der Waals surface area contributed by atoms with Crippen molar-refractivity contribution in [2.45, 2.75) is 52.7 Å². The number of hydrogen-bond donors (Lipinski definition) is 1. The third-order valence-electron chi connectivity index (χ3n) is 7.77. The van der Waals surface area contributed by atoms with Crippen molar-refractivity contribution in [3.05, 3.63) is 74.8 Å². The van der Waals surface area contributed by atoms with Crippen molar-refractivity contribution in [1.82, 2.24) is 35.0 Å². The summed E-state index contributed by atoms with van der Waals surface area (Å²) in [5, 5.41) is 13.9. The second-order valence-electron chi connectivity index (χ2n) is 11.6. The molecule has 4 heterocycles. The molecule has 0 radical (unpaired) electrons. The highest BCUT2D eigenvalue weighted by Gasteiger charge is 2.35. The van der Waals surface area contributed by atoms with Gasteiger partial charge in [0.25, 0.3) is 5.56 Å². The van der Waals surface area contributed by atoms with Gasteiger partial charge in [0, 0.05) is 43.8 Å². The maximum atomic E-state index is 13.6. The second kappa shape index (κ2) is 9.77. The summed E-state index contributed by atoms with van der Waals surface area (Å²) in [7, 11) is 0. The lowest BCUT2D eigenvalue weighted by atomic mass is 9.99. The molecule has 10 nitrogen and oxygen atoms in total. The van der Waals surface area contributed by atoms with E-state index in [1.807, 2.05) is 22.9 Å². The van der Waals surface area contributed by atoms with Crippen LogP contribution in [0.2, 0.25) is 0 Å². The molecular formula is C29H35N7O3. The standard InChI is InChI=1S/C29H35N7O3/c1-18-12-21-15-22(28(37)30-23(21)13-19(18)2)26(27-31-32-33-36(27)29(3,4)5)35-10-8-34(9-11-35)16-20-6-7-24-25(14-20)39-17-38-24/h6-7,12-15,26H,8-11,16-17H2,1-5H3,(H,30,37)/t26-/m1/s1. The van der Waals surface area contributed by atoms with E-state index in [1.54, 1.807) is 0 Å². The Labute approximate surface area is 227 Å². The highest BCUT2D eigenvalue weighted by molar-refractivity contribution is 5.81. The third kappa shape index (κ3) is 4.90. The minimum Gasteiger partial charge on any atom is -0.454 e. The molecule has 4 aromatic rings. The molecule has 0 aliphatic carbocycles. The molecular weight excluding hydrogens is 494 g/mol. The number of nitrogens with zero attached hydrogens (tertiary/aromatic N) is 6. The van der Waals surface area contributed by atoms with Gasteiger partial charge < -0.3 is 14.5 Å². The minimum absolute atomic E-state index is 0.109. The Morgan fingerprint density at radius 1 is 0.974 bits per heavy atom. The van der Waals surface area contributed by atoms with Crippen molar-refractivity contribution in [1.29, 1.82) is 0 Å². The van der Waals surface area contributed by atoms with Crippen molar-refractivity contribution < 1.29 is 9.47 Å². The molecule has 0 saturated carbocycles. The van der Waals surface area contributed by atoms with Crippen molar-refractivity contribution in [3.63, 3.8) is 0 Å². The Kier molecular flexibility index (Phi) is 6.39. The lowest BCUT2D eigenvalue weighted by Crippen LogP contribution is -2.49. The molecule has 2 aromatic carbocycles. The first-order valence-electron chi connectivity index (χ1n) is 13.5. The van der Waals surface area contributed by atoms with Crippen LogP contribution in [0.5, 0.6) is 11.5 Å².